The van der Waals surface area contributed by atoms with Crippen LogP contribution in [0, 0.1) is 18.6 Å². The smallest absolute Gasteiger partial charge is 0.130 e. The summed E-state index contributed by atoms with van der Waals surface area (Å²) < 4.78 is 26.0. The number of aryl methyl sites for hydroxylation is 1. The Hall–Kier alpha value is -1.22. The molecule has 0 bridgehead atoms. The van der Waals surface area contributed by atoms with Crippen molar-refractivity contribution in [3.05, 3.63) is 41.0 Å². The van der Waals surface area contributed by atoms with Crippen molar-refractivity contribution in [3.63, 3.8) is 0 Å². The van der Waals surface area contributed by atoms with Gasteiger partial charge in [-0.15, -0.1) is 0 Å². The highest BCUT2D eigenvalue weighted by molar-refractivity contribution is 5.50. The highest BCUT2D eigenvalue weighted by Gasteiger charge is 2.03. The van der Waals surface area contributed by atoms with E-state index >= 15 is 0 Å². The van der Waals surface area contributed by atoms with E-state index in [1.165, 1.54) is 19.1 Å². The second-order valence-corrected chi connectivity index (χ2v) is 2.71. The minimum absolute atomic E-state index is 0.150. The largest absolute Gasteiger partial charge is 0.392 e. The molecule has 0 fully saturated rings. The van der Waals surface area contributed by atoms with Crippen molar-refractivity contribution < 1.29 is 13.9 Å². The Morgan fingerprint density at radius 1 is 1.31 bits per heavy atom. The van der Waals surface area contributed by atoms with Gasteiger partial charge >= 0.3 is 0 Å². The van der Waals surface area contributed by atoms with Crippen LogP contribution in [0.2, 0.25) is 0 Å². The van der Waals surface area contributed by atoms with E-state index in [2.05, 4.69) is 0 Å². The second kappa shape index (κ2) is 4.14. The first-order valence-corrected chi connectivity index (χ1v) is 3.88. The third-order valence-corrected chi connectivity index (χ3v) is 1.68. The van der Waals surface area contributed by atoms with Crippen molar-refractivity contribution in [2.24, 2.45) is 0 Å². The molecule has 3 heteroatoms. The molecule has 0 radical (unpaired) electrons. The highest BCUT2D eigenvalue weighted by Crippen LogP contribution is 2.15. The van der Waals surface area contributed by atoms with E-state index in [1.807, 2.05) is 0 Å². The van der Waals surface area contributed by atoms with E-state index in [0.29, 0.717) is 0 Å². The molecule has 0 aliphatic carbocycles. The van der Waals surface area contributed by atoms with Crippen LogP contribution in [0.3, 0.4) is 0 Å². The summed E-state index contributed by atoms with van der Waals surface area (Å²) in [6.07, 6.45) is 2.70. The molecule has 0 amide bonds. The Morgan fingerprint density at radius 3 is 2.62 bits per heavy atom. The number of hydrogen-bond acceptors (Lipinski definition) is 1. The fourth-order valence-electron chi connectivity index (χ4n) is 0.969. The minimum Gasteiger partial charge on any atom is -0.392 e. The van der Waals surface area contributed by atoms with Gasteiger partial charge in [-0.3, -0.25) is 0 Å². The summed E-state index contributed by atoms with van der Waals surface area (Å²) >= 11 is 0. The third kappa shape index (κ3) is 2.36. The first-order chi connectivity index (χ1) is 6.15. The Morgan fingerprint density at radius 2 is 2.00 bits per heavy atom. The number of rotatable bonds is 2. The molecule has 0 spiro atoms. The van der Waals surface area contributed by atoms with E-state index in [4.69, 9.17) is 5.11 Å². The van der Waals surface area contributed by atoms with Crippen molar-refractivity contribution in [2.75, 3.05) is 6.61 Å². The van der Waals surface area contributed by atoms with Gasteiger partial charge in [-0.1, -0.05) is 12.2 Å². The Bertz CT molecular complexity index is 332. The Balaban J connectivity index is 3.08. The van der Waals surface area contributed by atoms with Gasteiger partial charge in [0.1, 0.15) is 11.6 Å². The number of aliphatic hydroxyl groups is 1. The van der Waals surface area contributed by atoms with Crippen LogP contribution in [0.4, 0.5) is 8.78 Å². The minimum atomic E-state index is -0.483. The molecule has 0 atom stereocenters. The molecule has 0 aromatic heterocycles. The van der Waals surface area contributed by atoms with Crippen LogP contribution >= 0.6 is 0 Å². The van der Waals surface area contributed by atoms with Gasteiger partial charge in [-0.25, -0.2) is 8.78 Å². The fraction of sp³-hybridized carbons (Fsp3) is 0.200. The molecule has 0 saturated carbocycles. The number of hydrogen-bond donors (Lipinski definition) is 1. The molecular formula is C10H10F2O. The Kier molecular flexibility index (Phi) is 3.14. The van der Waals surface area contributed by atoms with Gasteiger partial charge in [-0.2, -0.15) is 0 Å². The van der Waals surface area contributed by atoms with Crippen LogP contribution < -0.4 is 0 Å². The molecular weight excluding hydrogens is 174 g/mol. The summed E-state index contributed by atoms with van der Waals surface area (Å²) in [6, 6.07) is 2.24. The maximum atomic E-state index is 13.1. The van der Waals surface area contributed by atoms with Crippen molar-refractivity contribution in [1.29, 1.82) is 0 Å². The highest BCUT2D eigenvalue weighted by atomic mass is 19.1. The van der Waals surface area contributed by atoms with Gasteiger partial charge < -0.3 is 5.11 Å². The van der Waals surface area contributed by atoms with Gasteiger partial charge in [0, 0.05) is 5.56 Å². The molecule has 13 heavy (non-hydrogen) atoms. The number of halogens is 2. The quantitative estimate of drug-likeness (QED) is 0.747. The summed E-state index contributed by atoms with van der Waals surface area (Å²) in [4.78, 5) is 0. The van der Waals surface area contributed by atoms with Crippen molar-refractivity contribution in [1.82, 2.24) is 0 Å². The SMILES string of the molecule is Cc1cc(F)c(/C=C/CO)cc1F. The monoisotopic (exact) mass is 184 g/mol. The zero-order valence-corrected chi connectivity index (χ0v) is 7.22. The van der Waals surface area contributed by atoms with E-state index in [9.17, 15) is 8.78 Å². The first-order valence-electron chi connectivity index (χ1n) is 3.88. The summed E-state index contributed by atoms with van der Waals surface area (Å²) in [5, 5.41) is 8.44. The van der Waals surface area contributed by atoms with E-state index < -0.39 is 11.6 Å². The van der Waals surface area contributed by atoms with Crippen LogP contribution in [-0.2, 0) is 0 Å². The summed E-state index contributed by atoms with van der Waals surface area (Å²) in [5.74, 6) is -0.928. The lowest BCUT2D eigenvalue weighted by Gasteiger charge is -2.00. The lowest BCUT2D eigenvalue weighted by molar-refractivity contribution is 0.343. The van der Waals surface area contributed by atoms with Crippen LogP contribution in [0.15, 0.2) is 18.2 Å². The lowest BCUT2D eigenvalue weighted by atomic mass is 10.1. The standard InChI is InChI=1S/C10H10F2O/c1-7-5-10(12)8(3-2-4-13)6-9(7)11/h2-3,5-6,13H,4H2,1H3/b3-2+. The predicted molar refractivity (Wildman–Crippen MR) is 47.2 cm³/mol. The zero-order chi connectivity index (χ0) is 9.84. The predicted octanol–water partition coefficient (Wildman–Crippen LogP) is 2.28. The summed E-state index contributed by atoms with van der Waals surface area (Å²) in [7, 11) is 0. The Labute approximate surface area is 75.3 Å². The molecule has 0 saturated heterocycles. The van der Waals surface area contributed by atoms with Crippen LogP contribution in [0.25, 0.3) is 6.08 Å². The van der Waals surface area contributed by atoms with Gasteiger partial charge in [0.05, 0.1) is 6.61 Å². The van der Waals surface area contributed by atoms with Crippen LogP contribution in [0.5, 0.6) is 0 Å². The van der Waals surface area contributed by atoms with Crippen molar-refractivity contribution in [3.8, 4) is 0 Å². The molecule has 1 nitrogen and oxygen atoms in total. The maximum Gasteiger partial charge on any atom is 0.130 e. The molecule has 1 N–H and O–H groups in total. The molecule has 1 aromatic rings. The van der Waals surface area contributed by atoms with Crippen molar-refractivity contribution in [2.45, 2.75) is 6.92 Å². The van der Waals surface area contributed by atoms with Gasteiger partial charge in [0.2, 0.25) is 0 Å². The summed E-state index contributed by atoms with van der Waals surface area (Å²) in [6.45, 7) is 1.31. The molecule has 1 rings (SSSR count). The molecule has 1 aromatic carbocycles. The molecule has 0 aliphatic heterocycles. The fourth-order valence-corrected chi connectivity index (χ4v) is 0.969. The number of aliphatic hydroxyl groups excluding tert-OH is 1. The van der Waals surface area contributed by atoms with Crippen LogP contribution in [-0.4, -0.2) is 11.7 Å². The van der Waals surface area contributed by atoms with Gasteiger partial charge in [0.15, 0.2) is 0 Å². The first kappa shape index (κ1) is 9.86. The molecule has 0 heterocycles. The van der Waals surface area contributed by atoms with Gasteiger partial charge in [-0.05, 0) is 24.6 Å². The third-order valence-electron chi connectivity index (χ3n) is 1.68. The molecule has 0 aliphatic rings. The second-order valence-electron chi connectivity index (χ2n) is 2.71. The zero-order valence-electron chi connectivity index (χ0n) is 7.22. The maximum absolute atomic E-state index is 13.1. The van der Waals surface area contributed by atoms with Gasteiger partial charge in [0.25, 0.3) is 0 Å². The van der Waals surface area contributed by atoms with E-state index in [1.54, 1.807) is 0 Å². The topological polar surface area (TPSA) is 20.2 Å². The van der Waals surface area contributed by atoms with E-state index in [-0.39, 0.29) is 17.7 Å². The summed E-state index contributed by atoms with van der Waals surface area (Å²) in [5.41, 5.74) is 0.427. The lowest BCUT2D eigenvalue weighted by Crippen LogP contribution is -1.89. The average molecular weight is 184 g/mol. The molecule has 0 unspecified atom stereocenters. The molecule has 70 valence electrons. The average Bonchev–Trinajstić information content (AvgIpc) is 2.09. The van der Waals surface area contributed by atoms with Crippen LogP contribution in [0.1, 0.15) is 11.1 Å². The normalized spacial score (nSPS) is 11.1. The van der Waals surface area contributed by atoms with Crippen molar-refractivity contribution >= 4 is 6.08 Å². The van der Waals surface area contributed by atoms with E-state index in [0.717, 1.165) is 12.1 Å². The number of benzene rings is 1.